The molecule has 2 aromatic rings. The van der Waals surface area contributed by atoms with E-state index in [-0.39, 0.29) is 24.4 Å². The predicted octanol–water partition coefficient (Wildman–Crippen LogP) is 4.99. The molecule has 0 aliphatic rings. The van der Waals surface area contributed by atoms with Crippen molar-refractivity contribution in [2.45, 2.75) is 65.3 Å². The number of rotatable bonds is 10. The topological polar surface area (TPSA) is 27.7 Å². The van der Waals surface area contributed by atoms with Gasteiger partial charge in [0, 0.05) is 0 Å². The minimum absolute atomic E-state index is 0.0468. The maximum absolute atomic E-state index is 6.19. The van der Waals surface area contributed by atoms with Crippen LogP contribution in [0.3, 0.4) is 0 Å². The van der Waals surface area contributed by atoms with Crippen molar-refractivity contribution in [2.24, 2.45) is 0 Å². The van der Waals surface area contributed by atoms with E-state index in [9.17, 15) is 0 Å². The molecule has 136 valence electrons. The van der Waals surface area contributed by atoms with E-state index in [1.807, 2.05) is 50.2 Å². The SMILES string of the molecule is CC(C)OC(C)[C@H](OCc1ccccc1)[C@@H](C)OCc1ccccc1. The number of benzene rings is 2. The molecule has 0 N–H and O–H groups in total. The van der Waals surface area contributed by atoms with Crippen LogP contribution in [-0.4, -0.2) is 24.4 Å². The third-order valence-corrected chi connectivity index (χ3v) is 4.05. The predicted molar refractivity (Wildman–Crippen MR) is 101 cm³/mol. The molecule has 0 saturated heterocycles. The minimum atomic E-state index is -0.133. The van der Waals surface area contributed by atoms with Gasteiger partial charge in [-0.25, -0.2) is 0 Å². The van der Waals surface area contributed by atoms with E-state index in [2.05, 4.69) is 38.1 Å². The third-order valence-electron chi connectivity index (χ3n) is 4.05. The zero-order valence-corrected chi connectivity index (χ0v) is 15.7. The quantitative estimate of drug-likeness (QED) is 0.609. The molecular formula is C22H30O3. The summed E-state index contributed by atoms with van der Waals surface area (Å²) >= 11 is 0. The Balaban J connectivity index is 1.96. The van der Waals surface area contributed by atoms with Crippen LogP contribution in [0.15, 0.2) is 60.7 Å². The zero-order chi connectivity index (χ0) is 18.1. The minimum Gasteiger partial charge on any atom is -0.373 e. The summed E-state index contributed by atoms with van der Waals surface area (Å²) in [7, 11) is 0. The lowest BCUT2D eigenvalue weighted by atomic mass is 10.1. The second kappa shape index (κ2) is 10.3. The van der Waals surface area contributed by atoms with Crippen LogP contribution >= 0.6 is 0 Å². The van der Waals surface area contributed by atoms with E-state index in [4.69, 9.17) is 14.2 Å². The van der Waals surface area contributed by atoms with Gasteiger partial charge in [0.2, 0.25) is 0 Å². The van der Waals surface area contributed by atoms with E-state index in [0.29, 0.717) is 13.2 Å². The standard InChI is InChI=1S/C22H30O3/c1-17(2)25-19(4)22(24-16-21-13-9-6-10-14-21)18(3)23-15-20-11-7-5-8-12-20/h5-14,17-19,22H,15-16H2,1-4H3/t18-,19?,22-/m1/s1. The van der Waals surface area contributed by atoms with E-state index in [1.165, 1.54) is 0 Å². The molecule has 0 saturated carbocycles. The Kier molecular flexibility index (Phi) is 8.13. The molecule has 0 fully saturated rings. The van der Waals surface area contributed by atoms with Crippen LogP contribution in [0.25, 0.3) is 0 Å². The highest BCUT2D eigenvalue weighted by molar-refractivity contribution is 5.14. The Morgan fingerprint density at radius 2 is 1.12 bits per heavy atom. The van der Waals surface area contributed by atoms with E-state index in [1.54, 1.807) is 0 Å². The molecule has 0 aliphatic carbocycles. The van der Waals surface area contributed by atoms with E-state index in [0.717, 1.165) is 11.1 Å². The van der Waals surface area contributed by atoms with Gasteiger partial charge in [-0.2, -0.15) is 0 Å². The van der Waals surface area contributed by atoms with Crippen LogP contribution < -0.4 is 0 Å². The Morgan fingerprint density at radius 3 is 1.60 bits per heavy atom. The van der Waals surface area contributed by atoms with Crippen LogP contribution in [0.2, 0.25) is 0 Å². The van der Waals surface area contributed by atoms with Crippen molar-refractivity contribution in [1.29, 1.82) is 0 Å². The maximum Gasteiger partial charge on any atom is 0.110 e. The van der Waals surface area contributed by atoms with Gasteiger partial charge in [-0.1, -0.05) is 60.7 Å². The Morgan fingerprint density at radius 1 is 0.640 bits per heavy atom. The number of ether oxygens (including phenoxy) is 3. The lowest BCUT2D eigenvalue weighted by Gasteiger charge is -2.31. The lowest BCUT2D eigenvalue weighted by molar-refractivity contribution is -0.147. The lowest BCUT2D eigenvalue weighted by Crippen LogP contribution is -2.40. The highest BCUT2D eigenvalue weighted by atomic mass is 16.6. The fraction of sp³-hybridized carbons (Fsp3) is 0.455. The monoisotopic (exact) mass is 342 g/mol. The molecule has 3 heteroatoms. The van der Waals surface area contributed by atoms with Gasteiger partial charge in [-0.15, -0.1) is 0 Å². The summed E-state index contributed by atoms with van der Waals surface area (Å²) in [5.74, 6) is 0. The average Bonchev–Trinajstić information content (AvgIpc) is 2.61. The number of hydrogen-bond acceptors (Lipinski definition) is 3. The molecule has 1 unspecified atom stereocenters. The van der Waals surface area contributed by atoms with Crippen LogP contribution in [0.4, 0.5) is 0 Å². The van der Waals surface area contributed by atoms with Crippen LogP contribution in [0.1, 0.15) is 38.8 Å². The molecule has 0 radical (unpaired) electrons. The van der Waals surface area contributed by atoms with Gasteiger partial charge < -0.3 is 14.2 Å². The first-order valence-electron chi connectivity index (χ1n) is 9.02. The van der Waals surface area contributed by atoms with Crippen molar-refractivity contribution in [3.8, 4) is 0 Å². The summed E-state index contributed by atoms with van der Waals surface area (Å²) in [6, 6.07) is 20.4. The van der Waals surface area contributed by atoms with Crippen molar-refractivity contribution in [3.63, 3.8) is 0 Å². The van der Waals surface area contributed by atoms with Gasteiger partial charge >= 0.3 is 0 Å². The molecule has 2 aromatic carbocycles. The largest absolute Gasteiger partial charge is 0.373 e. The second-order valence-corrected chi connectivity index (χ2v) is 6.65. The molecule has 0 amide bonds. The van der Waals surface area contributed by atoms with Crippen LogP contribution in [0.5, 0.6) is 0 Å². The van der Waals surface area contributed by atoms with Crippen molar-refractivity contribution < 1.29 is 14.2 Å². The summed E-state index contributed by atoms with van der Waals surface area (Å²) in [5.41, 5.74) is 2.31. The van der Waals surface area contributed by atoms with E-state index < -0.39 is 0 Å². The first-order valence-corrected chi connectivity index (χ1v) is 9.02. The normalized spacial score (nSPS) is 15.1. The molecule has 3 nitrogen and oxygen atoms in total. The molecule has 25 heavy (non-hydrogen) atoms. The maximum atomic E-state index is 6.19. The first kappa shape index (κ1) is 19.6. The van der Waals surface area contributed by atoms with Crippen molar-refractivity contribution in [1.82, 2.24) is 0 Å². The molecule has 3 atom stereocenters. The zero-order valence-electron chi connectivity index (χ0n) is 15.7. The van der Waals surface area contributed by atoms with Crippen molar-refractivity contribution >= 4 is 0 Å². The molecule has 0 aromatic heterocycles. The van der Waals surface area contributed by atoms with Crippen molar-refractivity contribution in [3.05, 3.63) is 71.8 Å². The van der Waals surface area contributed by atoms with Gasteiger partial charge in [0.05, 0.1) is 31.5 Å². The fourth-order valence-corrected chi connectivity index (χ4v) is 2.82. The molecule has 0 heterocycles. The number of hydrogen-bond donors (Lipinski definition) is 0. The second-order valence-electron chi connectivity index (χ2n) is 6.65. The van der Waals surface area contributed by atoms with Gasteiger partial charge in [0.1, 0.15) is 6.10 Å². The highest BCUT2D eigenvalue weighted by Gasteiger charge is 2.27. The van der Waals surface area contributed by atoms with Gasteiger partial charge in [0.15, 0.2) is 0 Å². The first-order chi connectivity index (χ1) is 12.1. The summed E-state index contributed by atoms with van der Waals surface area (Å²) in [5, 5.41) is 0. The van der Waals surface area contributed by atoms with Crippen LogP contribution in [0, 0.1) is 0 Å². The molecule has 0 spiro atoms. The molecule has 0 bridgehead atoms. The van der Waals surface area contributed by atoms with Gasteiger partial charge in [0.25, 0.3) is 0 Å². The van der Waals surface area contributed by atoms with Gasteiger partial charge in [-0.3, -0.25) is 0 Å². The summed E-state index contributed by atoms with van der Waals surface area (Å²) in [6.45, 7) is 9.31. The molecule has 2 rings (SSSR count). The smallest absolute Gasteiger partial charge is 0.110 e. The summed E-state index contributed by atoms with van der Waals surface area (Å²) in [6.07, 6.45) is -0.0994. The van der Waals surface area contributed by atoms with Crippen molar-refractivity contribution in [2.75, 3.05) is 0 Å². The Bertz CT molecular complexity index is 583. The Hall–Kier alpha value is -1.68. The molecular weight excluding hydrogens is 312 g/mol. The van der Waals surface area contributed by atoms with Gasteiger partial charge in [-0.05, 0) is 38.8 Å². The summed E-state index contributed by atoms with van der Waals surface area (Å²) in [4.78, 5) is 0. The Labute approximate surface area is 151 Å². The third kappa shape index (κ3) is 6.99. The average molecular weight is 342 g/mol. The molecule has 0 aliphatic heterocycles. The van der Waals surface area contributed by atoms with E-state index >= 15 is 0 Å². The summed E-state index contributed by atoms with van der Waals surface area (Å²) < 4.78 is 18.2. The fourth-order valence-electron chi connectivity index (χ4n) is 2.82. The van der Waals surface area contributed by atoms with Crippen LogP contribution in [-0.2, 0) is 27.4 Å². The highest BCUT2D eigenvalue weighted by Crippen LogP contribution is 2.17.